The molecule has 2 aliphatic rings. The van der Waals surface area contributed by atoms with Crippen LogP contribution in [0.4, 0.5) is 4.79 Å². The van der Waals surface area contributed by atoms with Crippen LogP contribution in [0.5, 0.6) is 0 Å². The molecule has 182 valence electrons. The van der Waals surface area contributed by atoms with E-state index in [-0.39, 0.29) is 6.09 Å². The Morgan fingerprint density at radius 2 is 1.75 bits per heavy atom. The zero-order valence-corrected chi connectivity index (χ0v) is 20.8. The lowest BCUT2D eigenvalue weighted by Gasteiger charge is -2.37. The van der Waals surface area contributed by atoms with Gasteiger partial charge in [0.2, 0.25) is 0 Å². The predicted molar refractivity (Wildman–Crippen MR) is 124 cm³/mol. The standard InChI is InChI=1S/C23H42N6O3/c1-7-9-29-19-8-10-27(17-18(19)20(24-29)21(30)25(5)6)12-11-26-13-15-28(16-14-26)22(31)32-23(2,3)4/h21,30H,7-17H2,1-6H3. The number of carbonyl (C=O) groups is 1. The van der Waals surface area contributed by atoms with E-state index in [1.165, 1.54) is 11.3 Å². The highest BCUT2D eigenvalue weighted by Gasteiger charge is 2.30. The van der Waals surface area contributed by atoms with E-state index in [0.29, 0.717) is 13.1 Å². The molecular weight excluding hydrogens is 408 g/mol. The monoisotopic (exact) mass is 450 g/mol. The summed E-state index contributed by atoms with van der Waals surface area (Å²) in [6, 6.07) is 0. The van der Waals surface area contributed by atoms with E-state index in [0.717, 1.165) is 64.3 Å². The fraction of sp³-hybridized carbons (Fsp3) is 0.826. The molecule has 2 aliphatic heterocycles. The van der Waals surface area contributed by atoms with Crippen molar-refractivity contribution in [2.24, 2.45) is 0 Å². The number of carbonyl (C=O) groups excluding carboxylic acids is 1. The van der Waals surface area contributed by atoms with Gasteiger partial charge >= 0.3 is 6.09 Å². The Morgan fingerprint density at radius 1 is 1.09 bits per heavy atom. The molecule has 0 bridgehead atoms. The summed E-state index contributed by atoms with van der Waals surface area (Å²) in [7, 11) is 3.76. The maximum absolute atomic E-state index is 12.3. The Morgan fingerprint density at radius 3 is 2.34 bits per heavy atom. The van der Waals surface area contributed by atoms with Gasteiger partial charge in [0, 0.05) is 76.6 Å². The van der Waals surface area contributed by atoms with Crippen LogP contribution in [0.2, 0.25) is 0 Å². The van der Waals surface area contributed by atoms with E-state index in [1.807, 2.05) is 44.7 Å². The Bertz CT molecular complexity index is 765. The van der Waals surface area contributed by atoms with Crippen LogP contribution >= 0.6 is 0 Å². The molecule has 0 spiro atoms. The summed E-state index contributed by atoms with van der Waals surface area (Å²) in [4.78, 5) is 20.8. The maximum atomic E-state index is 12.3. The molecule has 32 heavy (non-hydrogen) atoms. The first-order valence-electron chi connectivity index (χ1n) is 11.9. The third kappa shape index (κ3) is 6.21. The normalized spacial score (nSPS) is 19.3. The van der Waals surface area contributed by atoms with Crippen molar-refractivity contribution in [3.8, 4) is 0 Å². The number of aliphatic hydroxyl groups is 1. The van der Waals surface area contributed by atoms with E-state index in [2.05, 4.69) is 21.4 Å². The summed E-state index contributed by atoms with van der Waals surface area (Å²) >= 11 is 0. The molecular formula is C23H42N6O3. The van der Waals surface area contributed by atoms with Gasteiger partial charge in [-0.3, -0.25) is 19.4 Å². The smallest absolute Gasteiger partial charge is 0.410 e. The molecule has 0 radical (unpaired) electrons. The van der Waals surface area contributed by atoms with Crippen molar-refractivity contribution >= 4 is 6.09 Å². The molecule has 1 unspecified atom stereocenters. The minimum absolute atomic E-state index is 0.211. The highest BCUT2D eigenvalue weighted by Crippen LogP contribution is 2.28. The topological polar surface area (TPSA) is 77.3 Å². The van der Waals surface area contributed by atoms with Gasteiger partial charge in [0.25, 0.3) is 0 Å². The lowest BCUT2D eigenvalue weighted by atomic mass is 10.0. The van der Waals surface area contributed by atoms with E-state index >= 15 is 0 Å². The van der Waals surface area contributed by atoms with Crippen molar-refractivity contribution in [2.75, 3.05) is 59.9 Å². The summed E-state index contributed by atoms with van der Waals surface area (Å²) in [6.07, 6.45) is 1.11. The number of aryl methyl sites for hydroxylation is 1. The lowest BCUT2D eigenvalue weighted by molar-refractivity contribution is 0.0136. The summed E-state index contributed by atoms with van der Waals surface area (Å²) in [5.41, 5.74) is 2.82. The summed E-state index contributed by atoms with van der Waals surface area (Å²) in [5.74, 6) is 0. The molecule has 1 fully saturated rings. The average Bonchev–Trinajstić information content (AvgIpc) is 3.08. The van der Waals surface area contributed by atoms with Crippen LogP contribution in [0.1, 0.15) is 57.3 Å². The van der Waals surface area contributed by atoms with Gasteiger partial charge in [-0.05, 0) is 41.3 Å². The van der Waals surface area contributed by atoms with E-state index in [1.54, 1.807) is 0 Å². The zero-order valence-electron chi connectivity index (χ0n) is 20.8. The molecule has 3 rings (SSSR count). The molecule has 1 aromatic rings. The largest absolute Gasteiger partial charge is 0.444 e. The van der Waals surface area contributed by atoms with Crippen LogP contribution < -0.4 is 0 Å². The SMILES string of the molecule is CCCn1nc(C(O)N(C)C)c2c1CCN(CCN1CCN(C(=O)OC(C)(C)C)CC1)C2. The number of nitrogens with zero attached hydrogens (tertiary/aromatic N) is 6. The van der Waals surface area contributed by atoms with Gasteiger partial charge in [-0.25, -0.2) is 4.79 Å². The lowest BCUT2D eigenvalue weighted by Crippen LogP contribution is -2.51. The van der Waals surface area contributed by atoms with Crippen LogP contribution in [-0.4, -0.2) is 106 Å². The highest BCUT2D eigenvalue weighted by molar-refractivity contribution is 5.68. The minimum atomic E-state index is -0.678. The first-order valence-corrected chi connectivity index (χ1v) is 11.9. The molecule has 1 N–H and O–H groups in total. The second-order valence-electron chi connectivity index (χ2n) is 10.2. The highest BCUT2D eigenvalue weighted by atomic mass is 16.6. The molecule has 0 saturated carbocycles. The number of rotatable bonds is 7. The molecule has 0 aliphatic carbocycles. The third-order valence-corrected chi connectivity index (χ3v) is 6.17. The first-order chi connectivity index (χ1) is 15.1. The van der Waals surface area contributed by atoms with Crippen molar-refractivity contribution in [1.82, 2.24) is 29.4 Å². The molecule has 0 aromatic carbocycles. The fourth-order valence-electron chi connectivity index (χ4n) is 4.38. The summed E-state index contributed by atoms with van der Waals surface area (Å²) < 4.78 is 7.60. The van der Waals surface area contributed by atoms with Crippen LogP contribution in [-0.2, 0) is 24.2 Å². The minimum Gasteiger partial charge on any atom is -0.444 e. The molecule has 1 atom stereocenters. The van der Waals surface area contributed by atoms with Crippen LogP contribution in [0.15, 0.2) is 0 Å². The van der Waals surface area contributed by atoms with E-state index < -0.39 is 11.8 Å². The van der Waals surface area contributed by atoms with Gasteiger partial charge in [0.1, 0.15) is 11.3 Å². The molecule has 1 aromatic heterocycles. The summed E-state index contributed by atoms with van der Waals surface area (Å²) in [5, 5.41) is 15.5. The molecule has 9 nitrogen and oxygen atoms in total. The number of ether oxygens (including phenoxy) is 1. The number of aliphatic hydroxyl groups excluding tert-OH is 1. The van der Waals surface area contributed by atoms with Crippen molar-refractivity contribution in [2.45, 2.75) is 65.5 Å². The molecule has 3 heterocycles. The Kier molecular flexibility index (Phi) is 8.19. The Balaban J connectivity index is 1.53. The first kappa shape index (κ1) is 25.0. The number of aromatic nitrogens is 2. The Hall–Kier alpha value is -1.68. The number of fused-ring (bicyclic) bond motifs is 1. The molecule has 9 heteroatoms. The number of hydrogen-bond donors (Lipinski definition) is 1. The van der Waals surface area contributed by atoms with E-state index in [4.69, 9.17) is 9.84 Å². The van der Waals surface area contributed by atoms with Gasteiger partial charge in [-0.2, -0.15) is 5.10 Å². The van der Waals surface area contributed by atoms with Gasteiger partial charge in [-0.15, -0.1) is 0 Å². The predicted octanol–water partition coefficient (Wildman–Crippen LogP) is 1.76. The zero-order chi connectivity index (χ0) is 23.5. The maximum Gasteiger partial charge on any atom is 0.410 e. The molecule has 1 amide bonds. The van der Waals surface area contributed by atoms with E-state index in [9.17, 15) is 9.90 Å². The third-order valence-electron chi connectivity index (χ3n) is 6.17. The van der Waals surface area contributed by atoms with Crippen molar-refractivity contribution in [3.05, 3.63) is 17.0 Å². The quantitative estimate of drug-likeness (QED) is 0.634. The second kappa shape index (κ2) is 10.5. The number of amides is 1. The van der Waals surface area contributed by atoms with Crippen molar-refractivity contribution in [3.63, 3.8) is 0 Å². The Labute approximate surface area is 192 Å². The average molecular weight is 451 g/mol. The van der Waals surface area contributed by atoms with Gasteiger partial charge in [0.05, 0.1) is 0 Å². The second-order valence-corrected chi connectivity index (χ2v) is 10.2. The van der Waals surface area contributed by atoms with Crippen LogP contribution in [0.25, 0.3) is 0 Å². The molecule has 1 saturated heterocycles. The number of hydrogen-bond acceptors (Lipinski definition) is 7. The van der Waals surface area contributed by atoms with Gasteiger partial charge in [0.15, 0.2) is 6.23 Å². The van der Waals surface area contributed by atoms with Crippen molar-refractivity contribution in [1.29, 1.82) is 0 Å². The van der Waals surface area contributed by atoms with Gasteiger partial charge in [-0.1, -0.05) is 6.92 Å². The summed E-state index contributed by atoms with van der Waals surface area (Å²) in [6.45, 7) is 15.7. The van der Waals surface area contributed by atoms with Crippen molar-refractivity contribution < 1.29 is 14.6 Å². The van der Waals surface area contributed by atoms with Gasteiger partial charge < -0.3 is 14.7 Å². The van der Waals surface area contributed by atoms with Crippen LogP contribution in [0, 0.1) is 0 Å². The number of piperazine rings is 1. The van der Waals surface area contributed by atoms with Crippen LogP contribution in [0.3, 0.4) is 0 Å². The fourth-order valence-corrected chi connectivity index (χ4v) is 4.38.